The molecule has 0 aliphatic heterocycles. The highest BCUT2D eigenvalue weighted by Gasteiger charge is 2.14. The van der Waals surface area contributed by atoms with E-state index in [1.807, 2.05) is 42.5 Å². The molecule has 0 N–H and O–H groups in total. The fourth-order valence-corrected chi connectivity index (χ4v) is 3.18. The quantitative estimate of drug-likeness (QED) is 0.396. The Bertz CT molecular complexity index is 1190. The summed E-state index contributed by atoms with van der Waals surface area (Å²) < 4.78 is 10.4. The van der Waals surface area contributed by atoms with Crippen molar-refractivity contribution in [3.63, 3.8) is 0 Å². The van der Waals surface area contributed by atoms with Gasteiger partial charge in [-0.1, -0.05) is 36.4 Å². The van der Waals surface area contributed by atoms with Crippen molar-refractivity contribution in [3.05, 3.63) is 82.7 Å². The monoisotopic (exact) mass is 344 g/mol. The van der Waals surface area contributed by atoms with Gasteiger partial charge in [0.1, 0.15) is 5.58 Å². The molecule has 0 aliphatic carbocycles. The van der Waals surface area contributed by atoms with Gasteiger partial charge in [0.15, 0.2) is 0 Å². The summed E-state index contributed by atoms with van der Waals surface area (Å²) in [6, 6.07) is 20.3. The number of fused-ring (bicyclic) bond motifs is 2. The van der Waals surface area contributed by atoms with Crippen molar-refractivity contribution >= 4 is 27.7 Å². The van der Waals surface area contributed by atoms with Crippen molar-refractivity contribution in [1.82, 2.24) is 0 Å². The Labute approximate surface area is 149 Å². The summed E-state index contributed by atoms with van der Waals surface area (Å²) in [4.78, 5) is 23.6. The van der Waals surface area contributed by atoms with Crippen molar-refractivity contribution in [1.29, 1.82) is 0 Å². The molecule has 1 heterocycles. The number of hydrogen-bond donors (Lipinski definition) is 0. The summed E-state index contributed by atoms with van der Waals surface area (Å²) in [7, 11) is 0. The fraction of sp³-hybridized carbons (Fsp3) is 0.0909. The third kappa shape index (κ3) is 2.75. The van der Waals surface area contributed by atoms with Crippen LogP contribution in [0, 0.1) is 0 Å². The van der Waals surface area contributed by atoms with E-state index in [1.54, 1.807) is 25.1 Å². The minimum Gasteiger partial charge on any atom is -0.462 e. The van der Waals surface area contributed by atoms with Crippen molar-refractivity contribution in [2.45, 2.75) is 6.92 Å². The van der Waals surface area contributed by atoms with E-state index in [0.717, 1.165) is 27.3 Å². The standard InChI is InChI=1S/C22H16O4/c1-2-25-22(24)19-10-9-16(17-5-3-4-6-18(17)19)14-7-11-20-15(13-14)8-12-21(23)26-20/h3-13H,2H2,1H3. The summed E-state index contributed by atoms with van der Waals surface area (Å²) in [5.41, 5.74) is 2.72. The molecule has 0 fully saturated rings. The van der Waals surface area contributed by atoms with E-state index in [2.05, 4.69) is 0 Å². The number of carbonyl (C=O) groups is 1. The Kier molecular flexibility index (Phi) is 4.01. The van der Waals surface area contributed by atoms with Crippen molar-refractivity contribution in [3.8, 4) is 11.1 Å². The van der Waals surface area contributed by atoms with Gasteiger partial charge < -0.3 is 9.15 Å². The van der Waals surface area contributed by atoms with E-state index in [1.165, 1.54) is 6.07 Å². The van der Waals surface area contributed by atoms with Gasteiger partial charge in [0.25, 0.3) is 0 Å². The molecule has 0 radical (unpaired) electrons. The molecule has 4 rings (SSSR count). The predicted octanol–water partition coefficient (Wildman–Crippen LogP) is 4.79. The van der Waals surface area contributed by atoms with Gasteiger partial charge in [0, 0.05) is 11.5 Å². The highest BCUT2D eigenvalue weighted by atomic mass is 16.5. The maximum Gasteiger partial charge on any atom is 0.338 e. The summed E-state index contributed by atoms with van der Waals surface area (Å²) in [6.07, 6.45) is 0. The third-order valence-electron chi connectivity index (χ3n) is 4.35. The third-order valence-corrected chi connectivity index (χ3v) is 4.35. The van der Waals surface area contributed by atoms with Crippen molar-refractivity contribution in [2.24, 2.45) is 0 Å². The van der Waals surface area contributed by atoms with Gasteiger partial charge in [0.05, 0.1) is 12.2 Å². The molecule has 0 atom stereocenters. The predicted molar refractivity (Wildman–Crippen MR) is 101 cm³/mol. The SMILES string of the molecule is CCOC(=O)c1ccc(-c2ccc3oc(=O)ccc3c2)c2ccccc12. The minimum atomic E-state index is -0.366. The lowest BCUT2D eigenvalue weighted by molar-refractivity contribution is 0.0528. The molecule has 4 aromatic rings. The van der Waals surface area contributed by atoms with Crippen molar-refractivity contribution in [2.75, 3.05) is 6.61 Å². The van der Waals surface area contributed by atoms with Gasteiger partial charge in [-0.25, -0.2) is 9.59 Å². The highest BCUT2D eigenvalue weighted by Crippen LogP contribution is 2.32. The first-order valence-electron chi connectivity index (χ1n) is 8.40. The summed E-state index contributed by atoms with van der Waals surface area (Å²) in [5, 5.41) is 2.67. The molecule has 0 bridgehead atoms. The van der Waals surface area contributed by atoms with Crippen LogP contribution in [-0.2, 0) is 4.74 Å². The first-order valence-corrected chi connectivity index (χ1v) is 8.40. The molecule has 0 saturated heterocycles. The van der Waals surface area contributed by atoms with Crippen LogP contribution in [0.2, 0.25) is 0 Å². The van der Waals surface area contributed by atoms with Gasteiger partial charge in [-0.05, 0) is 53.1 Å². The largest absolute Gasteiger partial charge is 0.462 e. The fourth-order valence-electron chi connectivity index (χ4n) is 3.18. The first kappa shape index (κ1) is 16.1. The Hall–Kier alpha value is -3.40. The molecule has 0 saturated carbocycles. The average Bonchev–Trinajstić information content (AvgIpc) is 2.67. The molecule has 0 spiro atoms. The maximum absolute atomic E-state index is 12.2. The Morgan fingerprint density at radius 2 is 1.77 bits per heavy atom. The Morgan fingerprint density at radius 3 is 2.58 bits per heavy atom. The topological polar surface area (TPSA) is 56.5 Å². The van der Waals surface area contributed by atoms with Crippen molar-refractivity contribution < 1.29 is 13.9 Å². The number of esters is 1. The number of benzene rings is 3. The van der Waals surface area contributed by atoms with Crippen LogP contribution in [0.4, 0.5) is 0 Å². The molecule has 4 nitrogen and oxygen atoms in total. The second-order valence-electron chi connectivity index (χ2n) is 5.93. The molecule has 128 valence electrons. The zero-order valence-electron chi connectivity index (χ0n) is 14.2. The lowest BCUT2D eigenvalue weighted by Crippen LogP contribution is -2.05. The number of ether oxygens (including phenoxy) is 1. The number of rotatable bonds is 3. The normalized spacial score (nSPS) is 11.0. The molecule has 1 aromatic heterocycles. The molecule has 26 heavy (non-hydrogen) atoms. The second kappa shape index (κ2) is 6.48. The van der Waals surface area contributed by atoms with Crippen LogP contribution in [0.15, 0.2) is 75.9 Å². The maximum atomic E-state index is 12.2. The van der Waals surface area contributed by atoms with Crippen LogP contribution in [-0.4, -0.2) is 12.6 Å². The van der Waals surface area contributed by atoms with E-state index in [9.17, 15) is 9.59 Å². The van der Waals surface area contributed by atoms with E-state index in [-0.39, 0.29) is 11.6 Å². The van der Waals surface area contributed by atoms with Crippen LogP contribution >= 0.6 is 0 Å². The van der Waals surface area contributed by atoms with E-state index in [0.29, 0.717) is 17.8 Å². The lowest BCUT2D eigenvalue weighted by atomic mass is 9.94. The number of hydrogen-bond acceptors (Lipinski definition) is 4. The molecular formula is C22H16O4. The Morgan fingerprint density at radius 1 is 0.962 bits per heavy atom. The Balaban J connectivity index is 1.92. The summed E-state index contributed by atoms with van der Waals surface area (Å²) in [6.45, 7) is 2.13. The molecule has 0 amide bonds. The smallest absolute Gasteiger partial charge is 0.338 e. The lowest BCUT2D eigenvalue weighted by Gasteiger charge is -2.11. The molecule has 4 heteroatoms. The van der Waals surface area contributed by atoms with Crippen LogP contribution in [0.3, 0.4) is 0 Å². The van der Waals surface area contributed by atoms with Crippen LogP contribution in [0.25, 0.3) is 32.9 Å². The highest BCUT2D eigenvalue weighted by molar-refractivity contribution is 6.09. The van der Waals surface area contributed by atoms with Gasteiger partial charge in [-0.15, -0.1) is 0 Å². The minimum absolute atomic E-state index is 0.324. The number of carbonyl (C=O) groups excluding carboxylic acids is 1. The molecule has 0 unspecified atom stereocenters. The molecular weight excluding hydrogens is 328 g/mol. The first-order chi connectivity index (χ1) is 12.7. The van der Waals surface area contributed by atoms with Gasteiger partial charge in [-0.2, -0.15) is 0 Å². The van der Waals surface area contributed by atoms with E-state index >= 15 is 0 Å². The van der Waals surface area contributed by atoms with E-state index in [4.69, 9.17) is 9.15 Å². The zero-order valence-corrected chi connectivity index (χ0v) is 14.2. The zero-order chi connectivity index (χ0) is 18.1. The van der Waals surface area contributed by atoms with Crippen LogP contribution in [0.5, 0.6) is 0 Å². The molecule has 3 aromatic carbocycles. The average molecular weight is 344 g/mol. The summed E-state index contributed by atoms with van der Waals surface area (Å²) >= 11 is 0. The summed E-state index contributed by atoms with van der Waals surface area (Å²) in [5.74, 6) is -0.324. The van der Waals surface area contributed by atoms with Crippen LogP contribution in [0.1, 0.15) is 17.3 Å². The second-order valence-corrected chi connectivity index (χ2v) is 5.93. The van der Waals surface area contributed by atoms with Gasteiger partial charge in [0.2, 0.25) is 0 Å². The van der Waals surface area contributed by atoms with Gasteiger partial charge >= 0.3 is 11.6 Å². The van der Waals surface area contributed by atoms with Gasteiger partial charge in [-0.3, -0.25) is 0 Å². The molecule has 0 aliphatic rings. The van der Waals surface area contributed by atoms with E-state index < -0.39 is 0 Å². The van der Waals surface area contributed by atoms with Crippen LogP contribution < -0.4 is 5.63 Å².